The van der Waals surface area contributed by atoms with Crippen LogP contribution in [0.5, 0.6) is 0 Å². The Balaban J connectivity index is 1.37. The van der Waals surface area contributed by atoms with Gasteiger partial charge in [-0.3, -0.25) is 9.69 Å². The molecule has 0 radical (unpaired) electrons. The molecule has 1 spiro atoms. The van der Waals surface area contributed by atoms with Gasteiger partial charge in [0, 0.05) is 25.0 Å². The van der Waals surface area contributed by atoms with E-state index >= 15 is 0 Å². The first-order valence-corrected chi connectivity index (χ1v) is 7.98. The highest BCUT2D eigenvalue weighted by atomic mass is 16.2. The largest absolute Gasteiger partial charge is 0.355 e. The third kappa shape index (κ3) is 2.95. The summed E-state index contributed by atoms with van der Waals surface area (Å²) in [5, 5.41) is 6.55. The molecule has 108 valence electrons. The Labute approximate surface area is 116 Å². The molecule has 19 heavy (non-hydrogen) atoms. The number of carbonyl (C=O) groups is 1. The van der Waals surface area contributed by atoms with Gasteiger partial charge in [0.05, 0.1) is 0 Å². The zero-order valence-electron chi connectivity index (χ0n) is 12.1. The summed E-state index contributed by atoms with van der Waals surface area (Å²) in [5.41, 5.74) is 0.371. The first kappa shape index (κ1) is 13.4. The Morgan fingerprint density at radius 1 is 1.37 bits per heavy atom. The van der Waals surface area contributed by atoms with Crippen molar-refractivity contribution in [2.24, 2.45) is 11.3 Å². The van der Waals surface area contributed by atoms with Gasteiger partial charge < -0.3 is 10.6 Å². The van der Waals surface area contributed by atoms with Gasteiger partial charge >= 0.3 is 0 Å². The Morgan fingerprint density at radius 2 is 2.11 bits per heavy atom. The summed E-state index contributed by atoms with van der Waals surface area (Å²) < 4.78 is 0. The monoisotopic (exact) mass is 265 g/mol. The zero-order chi connectivity index (χ0) is 13.3. The summed E-state index contributed by atoms with van der Waals surface area (Å²) in [5.74, 6) is 0.624. The predicted molar refractivity (Wildman–Crippen MR) is 75.9 cm³/mol. The van der Waals surface area contributed by atoms with Crippen LogP contribution < -0.4 is 10.6 Å². The molecule has 4 nitrogen and oxygen atoms in total. The first-order chi connectivity index (χ1) is 9.25. The fourth-order valence-electron chi connectivity index (χ4n) is 3.68. The van der Waals surface area contributed by atoms with Crippen LogP contribution in [0.4, 0.5) is 0 Å². The van der Waals surface area contributed by atoms with E-state index in [1.165, 1.54) is 25.7 Å². The number of carbonyl (C=O) groups excluding carboxylic acids is 1. The van der Waals surface area contributed by atoms with Crippen LogP contribution in [0.25, 0.3) is 0 Å². The molecule has 0 bridgehead atoms. The fourth-order valence-corrected chi connectivity index (χ4v) is 3.68. The maximum atomic E-state index is 12.2. The smallest absolute Gasteiger partial charge is 0.223 e. The number of likely N-dealkylation sites (N-methyl/N-ethyl adjacent to an activating group) is 1. The first-order valence-electron chi connectivity index (χ1n) is 7.98. The summed E-state index contributed by atoms with van der Waals surface area (Å²) in [6.45, 7) is 7.36. The van der Waals surface area contributed by atoms with Gasteiger partial charge in [-0.25, -0.2) is 0 Å². The SMILES string of the molecule is CCN(CCNC(=O)C1CC12CCNCC2)C1CC1. The predicted octanol–water partition coefficient (Wildman–Crippen LogP) is 0.977. The van der Waals surface area contributed by atoms with Crippen LogP contribution in [0.3, 0.4) is 0 Å². The molecule has 1 heterocycles. The Hall–Kier alpha value is -0.610. The molecule has 1 saturated heterocycles. The van der Waals surface area contributed by atoms with Crippen molar-refractivity contribution in [1.29, 1.82) is 0 Å². The number of hydrogen-bond acceptors (Lipinski definition) is 3. The molecule has 0 aromatic heterocycles. The topological polar surface area (TPSA) is 44.4 Å². The second kappa shape index (κ2) is 5.41. The van der Waals surface area contributed by atoms with Gasteiger partial charge in [0.15, 0.2) is 0 Å². The molecular formula is C15H27N3O. The van der Waals surface area contributed by atoms with Gasteiger partial charge in [-0.05, 0) is 57.2 Å². The Morgan fingerprint density at radius 3 is 2.74 bits per heavy atom. The Kier molecular flexibility index (Phi) is 3.81. The Bertz CT molecular complexity index is 334. The van der Waals surface area contributed by atoms with E-state index < -0.39 is 0 Å². The molecule has 0 aromatic rings. The molecule has 3 rings (SSSR count). The van der Waals surface area contributed by atoms with E-state index in [4.69, 9.17) is 0 Å². The zero-order valence-corrected chi connectivity index (χ0v) is 12.1. The van der Waals surface area contributed by atoms with Gasteiger partial charge in [0.1, 0.15) is 0 Å². The number of piperidine rings is 1. The standard InChI is InChI=1S/C15H27N3O/c1-2-18(12-3-4-12)10-9-17-14(19)13-11-15(13)5-7-16-8-6-15/h12-13,16H,2-11H2,1H3,(H,17,19). The second-order valence-corrected chi connectivity index (χ2v) is 6.52. The van der Waals surface area contributed by atoms with Gasteiger partial charge in [-0.2, -0.15) is 0 Å². The highest BCUT2D eigenvalue weighted by molar-refractivity contribution is 5.82. The normalized spacial score (nSPS) is 28.6. The molecule has 2 aliphatic carbocycles. The van der Waals surface area contributed by atoms with Crippen molar-refractivity contribution >= 4 is 5.91 Å². The third-order valence-corrected chi connectivity index (χ3v) is 5.27. The van der Waals surface area contributed by atoms with Crippen LogP contribution in [0.15, 0.2) is 0 Å². The van der Waals surface area contributed by atoms with Crippen molar-refractivity contribution in [2.45, 2.75) is 45.1 Å². The summed E-state index contributed by atoms with van der Waals surface area (Å²) >= 11 is 0. The number of nitrogens with zero attached hydrogens (tertiary/aromatic N) is 1. The van der Waals surface area contributed by atoms with E-state index in [2.05, 4.69) is 22.5 Å². The summed E-state index contributed by atoms with van der Waals surface area (Å²) in [4.78, 5) is 14.7. The molecule has 1 aliphatic heterocycles. The highest BCUT2D eigenvalue weighted by Crippen LogP contribution is 2.58. The fraction of sp³-hybridized carbons (Fsp3) is 0.933. The van der Waals surface area contributed by atoms with E-state index in [-0.39, 0.29) is 0 Å². The lowest BCUT2D eigenvalue weighted by molar-refractivity contribution is -0.123. The van der Waals surface area contributed by atoms with E-state index in [9.17, 15) is 4.79 Å². The van der Waals surface area contributed by atoms with E-state index in [1.807, 2.05) is 0 Å². The van der Waals surface area contributed by atoms with Gasteiger partial charge in [0.25, 0.3) is 0 Å². The maximum Gasteiger partial charge on any atom is 0.223 e. The van der Waals surface area contributed by atoms with Crippen molar-refractivity contribution in [3.63, 3.8) is 0 Å². The third-order valence-electron chi connectivity index (χ3n) is 5.27. The van der Waals surface area contributed by atoms with Crippen LogP contribution in [-0.2, 0) is 4.79 Å². The van der Waals surface area contributed by atoms with Crippen molar-refractivity contribution in [2.75, 3.05) is 32.7 Å². The van der Waals surface area contributed by atoms with Crippen LogP contribution in [-0.4, -0.2) is 49.6 Å². The van der Waals surface area contributed by atoms with Crippen LogP contribution >= 0.6 is 0 Å². The lowest BCUT2D eigenvalue weighted by atomic mass is 9.92. The van der Waals surface area contributed by atoms with Crippen LogP contribution in [0.1, 0.15) is 39.0 Å². The van der Waals surface area contributed by atoms with Crippen LogP contribution in [0, 0.1) is 11.3 Å². The lowest BCUT2D eigenvalue weighted by Gasteiger charge is -2.23. The van der Waals surface area contributed by atoms with Crippen molar-refractivity contribution < 1.29 is 4.79 Å². The van der Waals surface area contributed by atoms with Gasteiger partial charge in [0.2, 0.25) is 5.91 Å². The molecule has 4 heteroatoms. The van der Waals surface area contributed by atoms with Crippen molar-refractivity contribution in [3.8, 4) is 0 Å². The summed E-state index contributed by atoms with van der Waals surface area (Å²) in [7, 11) is 0. The molecule has 1 amide bonds. The minimum Gasteiger partial charge on any atom is -0.355 e. The van der Waals surface area contributed by atoms with Crippen molar-refractivity contribution in [1.82, 2.24) is 15.5 Å². The van der Waals surface area contributed by atoms with E-state index in [0.717, 1.165) is 45.2 Å². The average molecular weight is 265 g/mol. The van der Waals surface area contributed by atoms with E-state index in [0.29, 0.717) is 17.2 Å². The number of amides is 1. The summed E-state index contributed by atoms with van der Waals surface area (Å²) in [6.07, 6.45) is 6.20. The quantitative estimate of drug-likeness (QED) is 0.752. The minimum absolute atomic E-state index is 0.311. The molecule has 2 N–H and O–H groups in total. The molecular weight excluding hydrogens is 238 g/mol. The highest BCUT2D eigenvalue weighted by Gasteiger charge is 2.57. The summed E-state index contributed by atoms with van der Waals surface area (Å²) in [6, 6.07) is 0.804. The minimum atomic E-state index is 0.311. The van der Waals surface area contributed by atoms with Crippen LogP contribution in [0.2, 0.25) is 0 Å². The number of rotatable bonds is 6. The van der Waals surface area contributed by atoms with Gasteiger partial charge in [-0.15, -0.1) is 0 Å². The number of nitrogens with one attached hydrogen (secondary N) is 2. The molecule has 3 aliphatic rings. The average Bonchev–Trinajstić information content (AvgIpc) is 3.32. The lowest BCUT2D eigenvalue weighted by Crippen LogP contribution is -2.38. The van der Waals surface area contributed by atoms with Gasteiger partial charge in [-0.1, -0.05) is 6.92 Å². The second-order valence-electron chi connectivity index (χ2n) is 6.52. The molecule has 3 fully saturated rings. The molecule has 2 saturated carbocycles. The van der Waals surface area contributed by atoms with Crippen molar-refractivity contribution in [3.05, 3.63) is 0 Å². The molecule has 0 aromatic carbocycles. The number of hydrogen-bond donors (Lipinski definition) is 2. The molecule has 1 unspecified atom stereocenters. The molecule has 1 atom stereocenters. The maximum absolute atomic E-state index is 12.2. The van der Waals surface area contributed by atoms with E-state index in [1.54, 1.807) is 0 Å².